The molecule has 2 aromatic heterocycles. The molecule has 0 bridgehead atoms. The normalized spacial score (nSPS) is 11.3. The van der Waals surface area contributed by atoms with Crippen LogP contribution in [0, 0.1) is 0 Å². The standard InChI is InChI=1S/C18H13ClN2/c19-14-9-7-13(8-10-14)12-21-17-6-2-1-4-15(17)16-5-3-11-20-18(16)21/h1-11H,12H2. The van der Waals surface area contributed by atoms with Gasteiger partial charge in [-0.05, 0) is 35.9 Å². The Kier molecular flexibility index (Phi) is 2.90. The lowest BCUT2D eigenvalue weighted by Crippen LogP contribution is -2.00. The Morgan fingerprint density at radius 3 is 2.48 bits per heavy atom. The fourth-order valence-electron chi connectivity index (χ4n) is 2.81. The number of para-hydroxylation sites is 1. The van der Waals surface area contributed by atoms with Crippen molar-refractivity contribution in [2.75, 3.05) is 0 Å². The summed E-state index contributed by atoms with van der Waals surface area (Å²) in [5, 5.41) is 3.20. The Morgan fingerprint density at radius 1 is 0.857 bits per heavy atom. The van der Waals surface area contributed by atoms with E-state index in [-0.39, 0.29) is 0 Å². The minimum atomic E-state index is 0.763. The molecule has 21 heavy (non-hydrogen) atoms. The SMILES string of the molecule is Clc1ccc(Cn2c3ccccc3c3cccnc32)cc1. The fourth-order valence-corrected chi connectivity index (χ4v) is 2.93. The van der Waals surface area contributed by atoms with Gasteiger partial charge >= 0.3 is 0 Å². The van der Waals surface area contributed by atoms with Crippen LogP contribution in [-0.2, 0) is 6.54 Å². The van der Waals surface area contributed by atoms with Crippen LogP contribution in [0.4, 0.5) is 0 Å². The molecule has 0 amide bonds. The van der Waals surface area contributed by atoms with Gasteiger partial charge in [-0.3, -0.25) is 0 Å². The van der Waals surface area contributed by atoms with E-state index >= 15 is 0 Å². The Balaban J connectivity index is 1.95. The van der Waals surface area contributed by atoms with Gasteiger partial charge in [-0.15, -0.1) is 0 Å². The third kappa shape index (κ3) is 2.08. The van der Waals surface area contributed by atoms with Crippen molar-refractivity contribution in [3.8, 4) is 0 Å². The molecule has 0 atom stereocenters. The summed E-state index contributed by atoms with van der Waals surface area (Å²) in [5.41, 5.74) is 3.45. The minimum absolute atomic E-state index is 0.763. The molecule has 0 saturated carbocycles. The highest BCUT2D eigenvalue weighted by molar-refractivity contribution is 6.30. The molecular weight excluding hydrogens is 280 g/mol. The maximum absolute atomic E-state index is 5.96. The Bertz CT molecular complexity index is 870. The summed E-state index contributed by atoms with van der Waals surface area (Å²) in [7, 11) is 0. The summed E-state index contributed by atoms with van der Waals surface area (Å²) in [6.45, 7) is 0.790. The zero-order valence-electron chi connectivity index (χ0n) is 11.3. The lowest BCUT2D eigenvalue weighted by atomic mass is 10.2. The van der Waals surface area contributed by atoms with Gasteiger partial charge in [0, 0.05) is 28.5 Å². The number of fused-ring (bicyclic) bond motifs is 3. The molecule has 3 heteroatoms. The monoisotopic (exact) mass is 292 g/mol. The molecular formula is C18H13ClN2. The van der Waals surface area contributed by atoms with E-state index in [0.29, 0.717) is 0 Å². The summed E-state index contributed by atoms with van der Waals surface area (Å²) < 4.78 is 2.26. The second kappa shape index (κ2) is 4.90. The molecule has 0 aliphatic carbocycles. The second-order valence-electron chi connectivity index (χ2n) is 5.10. The molecule has 0 fully saturated rings. The summed E-state index contributed by atoms with van der Waals surface area (Å²) in [6.07, 6.45) is 1.85. The average Bonchev–Trinajstić information content (AvgIpc) is 2.85. The molecule has 4 rings (SSSR count). The highest BCUT2D eigenvalue weighted by Crippen LogP contribution is 2.28. The number of benzene rings is 2. The first-order chi connectivity index (χ1) is 10.3. The third-order valence-corrected chi connectivity index (χ3v) is 4.03. The lowest BCUT2D eigenvalue weighted by molar-refractivity contribution is 0.856. The maximum atomic E-state index is 5.96. The van der Waals surface area contributed by atoms with Gasteiger partial charge in [0.1, 0.15) is 5.65 Å². The molecule has 2 nitrogen and oxygen atoms in total. The number of halogens is 1. The van der Waals surface area contributed by atoms with Crippen molar-refractivity contribution in [3.63, 3.8) is 0 Å². The van der Waals surface area contributed by atoms with E-state index in [4.69, 9.17) is 11.6 Å². The summed E-state index contributed by atoms with van der Waals surface area (Å²) in [5.74, 6) is 0. The van der Waals surface area contributed by atoms with Gasteiger partial charge in [0.2, 0.25) is 0 Å². The number of hydrogen-bond acceptors (Lipinski definition) is 1. The first kappa shape index (κ1) is 12.4. The highest BCUT2D eigenvalue weighted by atomic mass is 35.5. The molecule has 102 valence electrons. The Morgan fingerprint density at radius 2 is 1.62 bits per heavy atom. The number of pyridine rings is 1. The molecule has 2 heterocycles. The topological polar surface area (TPSA) is 17.8 Å². The largest absolute Gasteiger partial charge is 0.321 e. The maximum Gasteiger partial charge on any atom is 0.141 e. The molecule has 0 aliphatic heterocycles. The van der Waals surface area contributed by atoms with Gasteiger partial charge < -0.3 is 4.57 Å². The van der Waals surface area contributed by atoms with Gasteiger partial charge in [0.25, 0.3) is 0 Å². The Hall–Kier alpha value is -2.32. The van der Waals surface area contributed by atoms with E-state index < -0.39 is 0 Å². The highest BCUT2D eigenvalue weighted by Gasteiger charge is 2.10. The molecule has 4 aromatic rings. The second-order valence-corrected chi connectivity index (χ2v) is 5.54. The van der Waals surface area contributed by atoms with Crippen molar-refractivity contribution >= 4 is 33.5 Å². The fraction of sp³-hybridized carbons (Fsp3) is 0.0556. The van der Waals surface area contributed by atoms with Crippen LogP contribution in [-0.4, -0.2) is 9.55 Å². The zero-order valence-corrected chi connectivity index (χ0v) is 12.1. The summed E-state index contributed by atoms with van der Waals surface area (Å²) >= 11 is 5.96. The summed E-state index contributed by atoms with van der Waals surface area (Å²) in [4.78, 5) is 4.57. The van der Waals surface area contributed by atoms with E-state index in [1.165, 1.54) is 21.9 Å². The molecule has 0 spiro atoms. The van der Waals surface area contributed by atoms with E-state index in [2.05, 4.69) is 52.0 Å². The molecule has 2 aromatic carbocycles. The van der Waals surface area contributed by atoms with Gasteiger partial charge in [0.15, 0.2) is 0 Å². The predicted molar refractivity (Wildman–Crippen MR) is 87.8 cm³/mol. The van der Waals surface area contributed by atoms with Crippen molar-refractivity contribution in [2.24, 2.45) is 0 Å². The van der Waals surface area contributed by atoms with E-state index in [0.717, 1.165) is 17.2 Å². The molecule has 0 N–H and O–H groups in total. The van der Waals surface area contributed by atoms with Crippen LogP contribution in [0.25, 0.3) is 21.9 Å². The molecule has 0 saturated heterocycles. The van der Waals surface area contributed by atoms with Crippen molar-refractivity contribution in [1.29, 1.82) is 0 Å². The smallest absolute Gasteiger partial charge is 0.141 e. The van der Waals surface area contributed by atoms with Crippen LogP contribution < -0.4 is 0 Å². The molecule has 0 radical (unpaired) electrons. The molecule has 0 aliphatic rings. The van der Waals surface area contributed by atoms with Crippen molar-refractivity contribution in [3.05, 3.63) is 77.4 Å². The number of nitrogens with zero attached hydrogens (tertiary/aromatic N) is 2. The van der Waals surface area contributed by atoms with Crippen LogP contribution in [0.15, 0.2) is 66.9 Å². The van der Waals surface area contributed by atoms with Gasteiger partial charge in [0.05, 0.1) is 5.52 Å². The van der Waals surface area contributed by atoms with Crippen LogP contribution in [0.1, 0.15) is 5.56 Å². The number of aromatic nitrogens is 2. The number of rotatable bonds is 2. The predicted octanol–water partition coefficient (Wildman–Crippen LogP) is 4.89. The average molecular weight is 293 g/mol. The zero-order chi connectivity index (χ0) is 14.2. The minimum Gasteiger partial charge on any atom is -0.321 e. The van der Waals surface area contributed by atoms with E-state index in [9.17, 15) is 0 Å². The first-order valence-electron chi connectivity index (χ1n) is 6.89. The van der Waals surface area contributed by atoms with Crippen molar-refractivity contribution < 1.29 is 0 Å². The van der Waals surface area contributed by atoms with Crippen molar-refractivity contribution in [1.82, 2.24) is 9.55 Å². The van der Waals surface area contributed by atoms with E-state index in [1.807, 2.05) is 24.4 Å². The van der Waals surface area contributed by atoms with Crippen LogP contribution in [0.3, 0.4) is 0 Å². The van der Waals surface area contributed by atoms with Crippen LogP contribution in [0.5, 0.6) is 0 Å². The Labute approximate surface area is 127 Å². The van der Waals surface area contributed by atoms with Gasteiger partial charge in [-0.2, -0.15) is 0 Å². The van der Waals surface area contributed by atoms with Gasteiger partial charge in [-0.25, -0.2) is 4.98 Å². The molecule has 0 unspecified atom stereocenters. The van der Waals surface area contributed by atoms with Crippen molar-refractivity contribution in [2.45, 2.75) is 6.54 Å². The number of hydrogen-bond donors (Lipinski definition) is 0. The van der Waals surface area contributed by atoms with Gasteiger partial charge in [-0.1, -0.05) is 41.9 Å². The van der Waals surface area contributed by atoms with Crippen LogP contribution in [0.2, 0.25) is 5.02 Å². The summed E-state index contributed by atoms with van der Waals surface area (Å²) in [6, 6.07) is 20.5. The third-order valence-electron chi connectivity index (χ3n) is 3.78. The van der Waals surface area contributed by atoms with Crippen LogP contribution >= 0.6 is 11.6 Å². The first-order valence-corrected chi connectivity index (χ1v) is 7.27. The van der Waals surface area contributed by atoms with E-state index in [1.54, 1.807) is 0 Å². The lowest BCUT2D eigenvalue weighted by Gasteiger charge is -2.07. The quantitative estimate of drug-likeness (QED) is 0.514.